The molecule has 5 amide bonds. The van der Waals surface area contributed by atoms with Crippen molar-refractivity contribution in [2.24, 2.45) is 28.1 Å². The Morgan fingerprint density at radius 2 is 1.67 bits per heavy atom. The van der Waals surface area contributed by atoms with Crippen LogP contribution in [0, 0.1) is 28.1 Å². The van der Waals surface area contributed by atoms with Crippen LogP contribution in [0.1, 0.15) is 99.0 Å². The lowest BCUT2D eigenvalue weighted by atomic mass is 9.70. The lowest BCUT2D eigenvalue weighted by Crippen LogP contribution is -2.63. The molecule has 5 rings (SSSR count). The number of fused-ring (bicyclic) bond motifs is 2. The molecule has 2 saturated carbocycles. The number of benzene rings is 1. The number of ketones is 1. The van der Waals surface area contributed by atoms with E-state index in [1.807, 2.05) is 34.6 Å². The summed E-state index contributed by atoms with van der Waals surface area (Å²) < 4.78 is 28.3. The molecular formula is C40H60N6O7S. The van der Waals surface area contributed by atoms with Crippen molar-refractivity contribution in [1.29, 1.82) is 0 Å². The fourth-order valence-corrected chi connectivity index (χ4v) is 10.6. The second-order valence-electron chi connectivity index (χ2n) is 17.7. The van der Waals surface area contributed by atoms with E-state index in [2.05, 4.69) is 41.7 Å². The van der Waals surface area contributed by atoms with Gasteiger partial charge in [-0.05, 0) is 59.0 Å². The molecule has 2 aliphatic carbocycles. The monoisotopic (exact) mass is 768 g/mol. The second kappa shape index (κ2) is 15.8. The summed E-state index contributed by atoms with van der Waals surface area (Å²) in [5, 5.41) is 11.4. The maximum absolute atomic E-state index is 14.9. The highest BCUT2D eigenvalue weighted by Crippen LogP contribution is 2.65. The Hall–Kier alpha value is -3.78. The molecule has 13 nitrogen and oxygen atoms in total. The van der Waals surface area contributed by atoms with Crippen molar-refractivity contribution in [3.8, 4) is 0 Å². The molecule has 2 heterocycles. The maximum Gasteiger partial charge on any atom is 0.315 e. The van der Waals surface area contributed by atoms with E-state index in [0.29, 0.717) is 31.4 Å². The summed E-state index contributed by atoms with van der Waals surface area (Å²) in [5.41, 5.74) is -0.653. The largest absolute Gasteiger partial charge is 0.346 e. The predicted molar refractivity (Wildman–Crippen MR) is 205 cm³/mol. The van der Waals surface area contributed by atoms with Crippen molar-refractivity contribution in [2.75, 3.05) is 19.6 Å². The molecule has 4 aliphatic rings. The molecule has 1 aromatic rings. The SMILES string of the molecule is C=CCNC(=O)C(=O)C(CCC)NC(=O)C1[C@@H]2[C@H](CN1C(=O)[C@@H](NC(=O)N[C@H](CN1Cc3ccccc3S1(=O)=O)C(C)(C)C)C1(C)CCCCC1)C2(C)C. The summed E-state index contributed by atoms with van der Waals surface area (Å²) in [4.78, 5) is 70.7. The van der Waals surface area contributed by atoms with Crippen LogP contribution < -0.4 is 21.3 Å². The van der Waals surface area contributed by atoms with Crippen LogP contribution in [0.15, 0.2) is 41.8 Å². The molecule has 6 atom stereocenters. The lowest BCUT2D eigenvalue weighted by molar-refractivity contribution is -0.146. The Labute approximate surface area is 320 Å². The summed E-state index contributed by atoms with van der Waals surface area (Å²) in [6, 6.07) is 2.80. The van der Waals surface area contributed by atoms with Gasteiger partial charge in [-0.1, -0.05) is 98.4 Å². The van der Waals surface area contributed by atoms with Gasteiger partial charge in [-0.15, -0.1) is 6.58 Å². The molecule has 0 spiro atoms. The molecule has 14 heteroatoms. The average molecular weight is 769 g/mol. The Morgan fingerprint density at radius 3 is 2.28 bits per heavy atom. The van der Waals surface area contributed by atoms with Crippen molar-refractivity contribution in [2.45, 2.75) is 129 Å². The van der Waals surface area contributed by atoms with Crippen LogP contribution in [0.3, 0.4) is 0 Å². The first-order valence-electron chi connectivity index (χ1n) is 19.5. The summed E-state index contributed by atoms with van der Waals surface area (Å²) in [7, 11) is -3.75. The minimum Gasteiger partial charge on any atom is -0.346 e. The number of carbonyl (C=O) groups excluding carboxylic acids is 5. The van der Waals surface area contributed by atoms with E-state index in [1.165, 1.54) is 10.4 Å². The number of Topliss-reactive ketones (excluding diaryl/α,β-unsaturated/α-hetero) is 1. The van der Waals surface area contributed by atoms with Gasteiger partial charge in [0.25, 0.3) is 5.91 Å². The van der Waals surface area contributed by atoms with Gasteiger partial charge in [0, 0.05) is 32.2 Å². The molecule has 3 fully saturated rings. The summed E-state index contributed by atoms with van der Waals surface area (Å²) in [6.45, 7) is 18.1. The molecule has 2 unspecified atom stereocenters. The molecule has 298 valence electrons. The number of nitrogens with one attached hydrogen (secondary N) is 4. The van der Waals surface area contributed by atoms with Crippen molar-refractivity contribution < 1.29 is 32.4 Å². The van der Waals surface area contributed by atoms with Crippen molar-refractivity contribution in [3.05, 3.63) is 42.5 Å². The first kappa shape index (κ1) is 41.4. The fraction of sp³-hybridized carbons (Fsp3) is 0.675. The second-order valence-corrected chi connectivity index (χ2v) is 19.6. The van der Waals surface area contributed by atoms with Gasteiger partial charge in [-0.25, -0.2) is 13.2 Å². The van der Waals surface area contributed by atoms with Gasteiger partial charge in [0.2, 0.25) is 27.6 Å². The predicted octanol–water partition coefficient (Wildman–Crippen LogP) is 3.88. The Kier molecular flexibility index (Phi) is 12.1. The third-order valence-electron chi connectivity index (χ3n) is 12.5. The van der Waals surface area contributed by atoms with E-state index in [1.54, 1.807) is 29.2 Å². The van der Waals surface area contributed by atoms with E-state index < -0.39 is 68.6 Å². The van der Waals surface area contributed by atoms with Crippen LogP contribution in [0.25, 0.3) is 0 Å². The van der Waals surface area contributed by atoms with Crippen molar-refractivity contribution >= 4 is 39.6 Å². The zero-order valence-corrected chi connectivity index (χ0v) is 33.8. The summed E-state index contributed by atoms with van der Waals surface area (Å²) >= 11 is 0. The zero-order valence-electron chi connectivity index (χ0n) is 33.0. The Bertz CT molecular complexity index is 1750. The minimum atomic E-state index is -3.75. The average Bonchev–Trinajstić information content (AvgIpc) is 3.36. The zero-order chi connectivity index (χ0) is 39.8. The standard InChI is InChI=1S/C40H60N6O7S/c1-9-16-27(32(47)35(49)41-21-10-2)42-34(48)31-30-26(39(30,6)7)23-46(31)36(50)33(40(8)19-14-11-15-20-40)44-37(51)43-29(38(3,4)5)24-45-22-25-17-12-13-18-28(25)54(45,52)53/h10,12-13,17-18,26-27,29-31,33H,2,9,11,14-16,19-24H2,1,3-8H3,(H,41,49)(H,42,48)(H2,43,44,51)/t26-,27?,29+,30-,31?,33+/m0/s1. The molecule has 0 bridgehead atoms. The van der Waals surface area contributed by atoms with Crippen LogP contribution in [0.2, 0.25) is 0 Å². The fourth-order valence-electron chi connectivity index (χ4n) is 8.92. The number of sulfonamides is 1. The van der Waals surface area contributed by atoms with E-state index >= 15 is 0 Å². The number of amides is 5. The number of hydrogen-bond donors (Lipinski definition) is 4. The number of carbonyl (C=O) groups is 5. The molecule has 1 aromatic carbocycles. The lowest BCUT2D eigenvalue weighted by Gasteiger charge is -2.43. The highest BCUT2D eigenvalue weighted by Gasteiger charge is 2.70. The topological polar surface area (TPSA) is 174 Å². The first-order chi connectivity index (χ1) is 25.3. The highest BCUT2D eigenvalue weighted by atomic mass is 32.2. The van der Waals surface area contributed by atoms with Gasteiger partial charge in [0.1, 0.15) is 12.1 Å². The molecule has 2 aliphatic heterocycles. The van der Waals surface area contributed by atoms with Crippen LogP contribution in [-0.4, -0.2) is 91.0 Å². The molecule has 0 aromatic heterocycles. The van der Waals surface area contributed by atoms with Crippen molar-refractivity contribution in [1.82, 2.24) is 30.5 Å². The molecule has 4 N–H and O–H groups in total. The third kappa shape index (κ3) is 8.24. The third-order valence-corrected chi connectivity index (χ3v) is 14.4. The number of likely N-dealkylation sites (tertiary alicyclic amines) is 1. The van der Waals surface area contributed by atoms with E-state index in [4.69, 9.17) is 0 Å². The normalized spacial score (nSPS) is 25.2. The van der Waals surface area contributed by atoms with E-state index in [9.17, 15) is 32.4 Å². The van der Waals surface area contributed by atoms with Gasteiger partial charge in [-0.2, -0.15) is 4.31 Å². The molecule has 54 heavy (non-hydrogen) atoms. The van der Waals surface area contributed by atoms with Gasteiger partial charge < -0.3 is 26.2 Å². The summed E-state index contributed by atoms with van der Waals surface area (Å²) in [5.74, 6) is -2.50. The molecular weight excluding hydrogens is 709 g/mol. The molecule has 1 saturated heterocycles. The minimum absolute atomic E-state index is 0.0416. The number of hydrogen-bond acceptors (Lipinski definition) is 7. The van der Waals surface area contributed by atoms with Crippen molar-refractivity contribution in [3.63, 3.8) is 0 Å². The number of urea groups is 1. The van der Waals surface area contributed by atoms with Crippen LogP contribution in [0.5, 0.6) is 0 Å². The van der Waals surface area contributed by atoms with Gasteiger partial charge >= 0.3 is 6.03 Å². The number of rotatable bonds is 14. The number of piperidine rings is 1. The van der Waals surface area contributed by atoms with Crippen LogP contribution in [0.4, 0.5) is 4.79 Å². The summed E-state index contributed by atoms with van der Waals surface area (Å²) in [6.07, 6.45) is 6.46. The smallest absolute Gasteiger partial charge is 0.315 e. The van der Waals surface area contributed by atoms with Gasteiger partial charge in [0.15, 0.2) is 0 Å². The maximum atomic E-state index is 14.9. The first-order valence-corrected chi connectivity index (χ1v) is 20.9. The van der Waals surface area contributed by atoms with Crippen LogP contribution >= 0.6 is 0 Å². The van der Waals surface area contributed by atoms with E-state index in [-0.39, 0.29) is 54.1 Å². The van der Waals surface area contributed by atoms with Crippen LogP contribution in [-0.2, 0) is 35.7 Å². The quantitative estimate of drug-likeness (QED) is 0.164. The Morgan fingerprint density at radius 1 is 1.00 bits per heavy atom. The Balaban J connectivity index is 1.38. The number of nitrogens with zero attached hydrogens (tertiary/aromatic N) is 2. The van der Waals surface area contributed by atoms with E-state index in [0.717, 1.165) is 19.3 Å². The highest BCUT2D eigenvalue weighted by molar-refractivity contribution is 7.89. The van der Waals surface area contributed by atoms with Gasteiger partial charge in [0.05, 0.1) is 10.9 Å². The van der Waals surface area contributed by atoms with Gasteiger partial charge in [-0.3, -0.25) is 19.2 Å². The molecule has 0 radical (unpaired) electrons.